The number of rotatable bonds is 14. The van der Waals surface area contributed by atoms with Crippen LogP contribution in [0.4, 0.5) is 26.3 Å². The van der Waals surface area contributed by atoms with Crippen molar-refractivity contribution in [1.29, 1.82) is 0 Å². The maximum atomic E-state index is 14.1. The van der Waals surface area contributed by atoms with E-state index in [0.29, 0.717) is 84.1 Å². The molecule has 0 spiro atoms. The molecule has 21 aromatic rings. The molecule has 0 amide bonds. The molecule has 0 saturated carbocycles. The van der Waals surface area contributed by atoms with E-state index in [1.165, 1.54) is 105 Å². The second-order valence-corrected chi connectivity index (χ2v) is 38.2. The van der Waals surface area contributed by atoms with Crippen LogP contribution in [-0.4, -0.2) is 106 Å². The highest BCUT2D eigenvalue weighted by molar-refractivity contribution is 9.10. The highest BCUT2D eigenvalue weighted by Crippen LogP contribution is 2.48. The van der Waals surface area contributed by atoms with E-state index in [9.17, 15) is 50.1 Å². The van der Waals surface area contributed by atoms with Gasteiger partial charge in [0.2, 0.25) is 0 Å². The third kappa shape index (κ3) is 25.3. The van der Waals surface area contributed by atoms with Crippen LogP contribution >= 0.6 is 85.5 Å². The molecule has 0 aliphatic carbocycles. The van der Waals surface area contributed by atoms with E-state index in [0.717, 1.165) is 66.2 Å². The van der Waals surface area contributed by atoms with Crippen LogP contribution in [0.3, 0.4) is 0 Å². The van der Waals surface area contributed by atoms with Gasteiger partial charge in [0, 0.05) is 48.9 Å². The van der Waals surface area contributed by atoms with Crippen molar-refractivity contribution in [1.82, 2.24) is 0 Å². The number of benzene rings is 17. The minimum Gasteiger partial charge on any atom is -0.532 e. The minimum atomic E-state index is -5.77. The standard InChI is InChI=1S/C24H23BO3.C18H11ClO.C14H12ClFO2.C13H6ClF3O4S.C12H8ClFO2.C12H7ClO2.C8H10BO4.C6H7BO2.C6H3BrClF/c1-23(2)24(3,4)28-25(27-23)19-14-8-13-18-21-17(16-10-6-5-7-11-16)12-9-15-20(21)26-22(18)19;19-15-10-4-9-14-17-13(12-6-2-1-3-7-12)8-5-11-16(17)20-18(14)15;1-17-11-7-4-8-12(18-2)13(11)9-5-3-6-10(15)14(9)16;14-8-4-1-3-7-11-9(20-12(7)8)5-2-6-10(11)21-22(18,19)13(15,16)17;13-8-4-1-3-7(12(8)14)11-9(15)5-2-6-10(11)16;13-8-4-1-3-7-11-9(14)5-2-6-10(11)15-12(7)8;1-11-6-4-3-5-7(12-2)8(6)13-9-10;8-7(9)6-4-2-1-3-5-6;7-4-2-1-3-5(8)6(4)9/h5-15H,1-4H3;1-11H;3-8H,1-2H3;1-6H;1-6,15-16H;1-6,14H;3-5,10H,1-2H3;1-5,8-9H;1-3H. The summed E-state index contributed by atoms with van der Waals surface area (Å²) in [5.41, 5.74) is 5.90. The first-order valence-electron chi connectivity index (χ1n) is 45.2. The van der Waals surface area contributed by atoms with Gasteiger partial charge in [0.05, 0.1) is 96.1 Å². The molecule has 1 saturated heterocycles. The summed E-state index contributed by atoms with van der Waals surface area (Å²) in [6, 6.07) is 102. The van der Waals surface area contributed by atoms with Crippen LogP contribution in [0.25, 0.3) is 132 Å². The first-order valence-corrected chi connectivity index (χ1v) is 49.7. The van der Waals surface area contributed by atoms with E-state index >= 15 is 0 Å². The Morgan fingerprint density at radius 1 is 0.360 bits per heavy atom. The topological polar surface area (TPSA) is 282 Å². The summed E-state index contributed by atoms with van der Waals surface area (Å²) in [6.45, 7) is 8.27. The van der Waals surface area contributed by atoms with Gasteiger partial charge in [0.25, 0.3) is 0 Å². The van der Waals surface area contributed by atoms with Crippen molar-refractivity contribution in [3.8, 4) is 96.3 Å². The van der Waals surface area contributed by atoms with Gasteiger partial charge in [0.15, 0.2) is 45.6 Å². The molecule has 0 bridgehead atoms. The zero-order valence-corrected chi connectivity index (χ0v) is 87.3. The second-order valence-electron chi connectivity index (χ2n) is 33.4. The molecule has 1 radical (unpaired) electrons. The molecule has 6 N–H and O–H groups in total. The molecule has 20 nitrogen and oxygen atoms in total. The lowest BCUT2D eigenvalue weighted by atomic mass is 9.78. The van der Waals surface area contributed by atoms with E-state index in [1.54, 1.807) is 127 Å². The van der Waals surface area contributed by atoms with Gasteiger partial charge in [-0.05, 0) is 187 Å². The summed E-state index contributed by atoms with van der Waals surface area (Å²) in [4.78, 5) is 0. The van der Waals surface area contributed by atoms with Crippen LogP contribution in [-0.2, 0) is 19.4 Å². The highest BCUT2D eigenvalue weighted by Gasteiger charge is 2.53. The van der Waals surface area contributed by atoms with Gasteiger partial charge in [-0.25, -0.2) is 13.2 Å². The smallest absolute Gasteiger partial charge is 0.532 e. The van der Waals surface area contributed by atoms with E-state index in [4.69, 9.17) is 135 Å². The Hall–Kier alpha value is -14.1. The Bertz CT molecular complexity index is 8370. The molecular weight excluding hydrogens is 2150 g/mol. The van der Waals surface area contributed by atoms with Gasteiger partial charge in [-0.15, -0.1) is 0 Å². The molecule has 17 aromatic carbocycles. The SMILES string of the molecule is CC1(C)OB(c2cccc3c2oc2cccc(-c4ccccc4)c23)OC1(C)C.COc1cccc(OC)c1-c1cccc(Cl)c1F.COc1cccc(OC)c1O[B]O.Clc1cccc2c1oc1cccc(-c3ccccc3)c12.Fc1c(Cl)cccc1Br.O=S(=O)(Oc1cccc2oc3c(Cl)cccc3c12)C(F)(F)F.OB(O)c1ccccc1.Oc1cccc(O)c1-c1cccc(Cl)c1F.Oc1cccc2oc3c(Cl)cccc3c12. The van der Waals surface area contributed by atoms with Crippen molar-refractivity contribution in [3.63, 3.8) is 0 Å². The molecule has 0 unspecified atom stereocenters. The summed E-state index contributed by atoms with van der Waals surface area (Å²) in [5, 5.41) is 62.6. The second kappa shape index (κ2) is 49.6. The molecule has 22 rings (SSSR count). The monoisotopic (exact) mass is 2230 g/mol. The van der Waals surface area contributed by atoms with Crippen molar-refractivity contribution in [2.75, 3.05) is 28.4 Å². The molecule has 1 aliphatic rings. The fraction of sp³-hybridized carbons (Fsp3) is 0.0973. The molecule has 4 aromatic heterocycles. The third-order valence-electron chi connectivity index (χ3n) is 23.5. The summed E-state index contributed by atoms with van der Waals surface area (Å²) in [6.07, 6.45) is 0. The molecule has 0 atom stereocenters. The van der Waals surface area contributed by atoms with Crippen LogP contribution in [0.1, 0.15) is 27.7 Å². The number of alkyl halides is 3. The van der Waals surface area contributed by atoms with Crippen LogP contribution in [0.15, 0.2) is 368 Å². The molecule has 150 heavy (non-hydrogen) atoms. The van der Waals surface area contributed by atoms with Crippen molar-refractivity contribution >= 4 is 216 Å². The lowest BCUT2D eigenvalue weighted by Gasteiger charge is -2.32. The molecule has 5 heterocycles. The van der Waals surface area contributed by atoms with Crippen molar-refractivity contribution in [2.24, 2.45) is 0 Å². The number of phenolic OH excluding ortho intramolecular Hbond substituents is 3. The molecule has 37 heteroatoms. The summed E-state index contributed by atoms with van der Waals surface area (Å²) >= 11 is 38.0. The van der Waals surface area contributed by atoms with Gasteiger partial charge in [-0.1, -0.05) is 300 Å². The van der Waals surface area contributed by atoms with Gasteiger partial charge < -0.3 is 85.2 Å². The fourth-order valence-electron chi connectivity index (χ4n) is 15.8. The zero-order valence-electron chi connectivity index (χ0n) is 80.4. The first kappa shape index (κ1) is 112. The Morgan fingerprint density at radius 3 is 1.11 bits per heavy atom. The van der Waals surface area contributed by atoms with Crippen LogP contribution in [0.5, 0.6) is 51.7 Å². The fourth-order valence-corrected chi connectivity index (χ4v) is 17.9. The number of ether oxygens (including phenoxy) is 4. The normalized spacial score (nSPS) is 12.2. The van der Waals surface area contributed by atoms with Crippen LogP contribution in [0, 0.1) is 17.5 Å². The van der Waals surface area contributed by atoms with E-state index < -0.39 is 53.1 Å². The Labute approximate surface area is 896 Å². The number of halogens is 13. The number of methoxy groups -OCH3 is 4. The molecule has 1 aliphatic heterocycles. The lowest BCUT2D eigenvalue weighted by molar-refractivity contribution is -0.0499. The lowest BCUT2D eigenvalue weighted by Crippen LogP contribution is -2.41. The van der Waals surface area contributed by atoms with E-state index in [1.807, 2.05) is 91.0 Å². The average molecular weight is 2240 g/mol. The average Bonchev–Trinajstić information content (AvgIpc) is 1.59. The number of para-hydroxylation sites is 5. The van der Waals surface area contributed by atoms with Crippen molar-refractivity contribution < 1.29 is 120 Å². The van der Waals surface area contributed by atoms with Crippen LogP contribution < -0.4 is 38.7 Å². The summed E-state index contributed by atoms with van der Waals surface area (Å²) in [7, 11) is -0.898. The van der Waals surface area contributed by atoms with Gasteiger partial charge in [-0.3, -0.25) is 0 Å². The number of hydrogen-bond acceptors (Lipinski definition) is 20. The molecule has 1 fully saturated rings. The van der Waals surface area contributed by atoms with Crippen LogP contribution in [0.2, 0.25) is 30.1 Å². The Morgan fingerprint density at radius 2 is 0.687 bits per heavy atom. The number of fused-ring (bicyclic) bond motifs is 12. The van der Waals surface area contributed by atoms with Gasteiger partial charge in [-0.2, -0.15) is 21.6 Å². The maximum absolute atomic E-state index is 14.1. The van der Waals surface area contributed by atoms with E-state index in [-0.39, 0.29) is 76.2 Å². The number of aromatic hydroxyl groups is 3. The van der Waals surface area contributed by atoms with Gasteiger partial charge >= 0.3 is 37.5 Å². The van der Waals surface area contributed by atoms with Crippen molar-refractivity contribution in [3.05, 3.63) is 398 Å². The van der Waals surface area contributed by atoms with Gasteiger partial charge in [0.1, 0.15) is 68.3 Å². The number of furan rings is 4. The number of phenols is 3. The summed E-state index contributed by atoms with van der Waals surface area (Å²) < 4.78 is 166. The zero-order chi connectivity index (χ0) is 108. The Kier molecular flexibility index (Phi) is 36.8. The Balaban J connectivity index is 0.000000135. The first-order chi connectivity index (χ1) is 71.8. The quantitative estimate of drug-likeness (QED) is 0.0194. The predicted octanol–water partition coefficient (Wildman–Crippen LogP) is 30.8. The highest BCUT2D eigenvalue weighted by atomic mass is 79.9. The molecular formula is C113H87B3BrCl6F6O20S. The van der Waals surface area contributed by atoms with Crippen molar-refractivity contribution in [2.45, 2.75) is 44.4 Å². The number of hydrogen-bond donors (Lipinski definition) is 6. The molecule has 765 valence electrons. The predicted molar refractivity (Wildman–Crippen MR) is 587 cm³/mol. The minimum absolute atomic E-state index is 0.0440. The maximum Gasteiger partial charge on any atom is 0.569 e. The van der Waals surface area contributed by atoms with E-state index in [2.05, 4.69) is 115 Å². The largest absolute Gasteiger partial charge is 0.569 e. The summed E-state index contributed by atoms with van der Waals surface area (Å²) in [5.74, 6) is 0.240. The third-order valence-corrected chi connectivity index (χ3v) is 26.9.